The number of fused-ring (bicyclic) bond motifs is 1. The first-order chi connectivity index (χ1) is 11.5. The molecule has 1 fully saturated rings. The molecule has 0 heterocycles. The second-order valence-electron chi connectivity index (χ2n) is 9.68. The predicted octanol–water partition coefficient (Wildman–Crippen LogP) is 5.42. The van der Waals surface area contributed by atoms with Crippen molar-refractivity contribution in [3.63, 3.8) is 0 Å². The molecule has 2 aliphatic carbocycles. The average molecular weight is 367 g/mol. The highest BCUT2D eigenvalue weighted by molar-refractivity contribution is 6.74. The van der Waals surface area contributed by atoms with Gasteiger partial charge in [-0.05, 0) is 61.6 Å². The maximum Gasteiger partial charge on any atom is 0.309 e. The van der Waals surface area contributed by atoms with Crippen LogP contribution in [0.2, 0.25) is 18.1 Å². The lowest BCUT2D eigenvalue weighted by atomic mass is 9.60. The van der Waals surface area contributed by atoms with Crippen LogP contribution in [0.4, 0.5) is 0 Å². The lowest BCUT2D eigenvalue weighted by molar-refractivity contribution is -0.154. The van der Waals surface area contributed by atoms with Crippen molar-refractivity contribution in [2.45, 2.75) is 78.6 Å². The zero-order valence-corrected chi connectivity index (χ0v) is 18.5. The summed E-state index contributed by atoms with van der Waals surface area (Å²) in [5.74, 6) is 1.69. The molecule has 1 saturated carbocycles. The van der Waals surface area contributed by atoms with Crippen molar-refractivity contribution in [1.82, 2.24) is 0 Å². The first-order valence-electron chi connectivity index (χ1n) is 10.0. The van der Waals surface area contributed by atoms with Gasteiger partial charge in [-0.15, -0.1) is 0 Å². The number of carbonyl (C=O) groups is 1. The number of hydrogen-bond acceptors (Lipinski definition) is 3. The standard InChI is InChI=1S/C21H38O3Si/c1-9-23-20(22)17-12-10-11-16-13-14(2)19(15(3)18(16)17)24-25(7,8)21(4,5)6/h10-11,14-19H,9,12-13H2,1-8H3/t14-,15+,16-,17+,18+,19+/m1/s1. The molecule has 25 heavy (non-hydrogen) atoms. The first-order valence-corrected chi connectivity index (χ1v) is 12.9. The highest BCUT2D eigenvalue weighted by Crippen LogP contribution is 2.49. The summed E-state index contributed by atoms with van der Waals surface area (Å²) in [6.45, 7) is 18.5. The van der Waals surface area contributed by atoms with Crippen LogP contribution < -0.4 is 0 Å². The van der Waals surface area contributed by atoms with Gasteiger partial charge >= 0.3 is 5.97 Å². The van der Waals surface area contributed by atoms with Gasteiger partial charge in [0, 0.05) is 0 Å². The summed E-state index contributed by atoms with van der Waals surface area (Å²) >= 11 is 0. The maximum atomic E-state index is 12.5. The Balaban J connectivity index is 2.25. The molecule has 2 rings (SSSR count). The van der Waals surface area contributed by atoms with Crippen molar-refractivity contribution in [3.8, 4) is 0 Å². The van der Waals surface area contributed by atoms with Crippen LogP contribution in [0, 0.1) is 29.6 Å². The van der Waals surface area contributed by atoms with Crippen LogP contribution in [0.15, 0.2) is 12.2 Å². The van der Waals surface area contributed by atoms with E-state index in [2.05, 4.69) is 59.9 Å². The van der Waals surface area contributed by atoms with Crippen LogP contribution in [0.3, 0.4) is 0 Å². The van der Waals surface area contributed by atoms with Gasteiger partial charge < -0.3 is 9.16 Å². The van der Waals surface area contributed by atoms with Crippen LogP contribution in [-0.4, -0.2) is 27.0 Å². The van der Waals surface area contributed by atoms with Crippen molar-refractivity contribution < 1.29 is 14.0 Å². The molecule has 4 heteroatoms. The van der Waals surface area contributed by atoms with Crippen molar-refractivity contribution in [2.75, 3.05) is 6.61 Å². The quantitative estimate of drug-likeness (QED) is 0.378. The normalized spacial score (nSPS) is 36.0. The summed E-state index contributed by atoms with van der Waals surface area (Å²) in [5, 5.41) is 0.205. The van der Waals surface area contributed by atoms with Crippen molar-refractivity contribution in [3.05, 3.63) is 12.2 Å². The molecular weight excluding hydrogens is 328 g/mol. The Morgan fingerprint density at radius 3 is 2.44 bits per heavy atom. The minimum absolute atomic E-state index is 0.0111. The van der Waals surface area contributed by atoms with E-state index in [1.54, 1.807) is 0 Å². The minimum Gasteiger partial charge on any atom is -0.466 e. The predicted molar refractivity (Wildman–Crippen MR) is 106 cm³/mol. The van der Waals surface area contributed by atoms with E-state index in [0.717, 1.165) is 12.8 Å². The highest BCUT2D eigenvalue weighted by Gasteiger charge is 2.50. The van der Waals surface area contributed by atoms with E-state index >= 15 is 0 Å². The van der Waals surface area contributed by atoms with Gasteiger partial charge in [-0.25, -0.2) is 0 Å². The van der Waals surface area contributed by atoms with E-state index < -0.39 is 8.32 Å². The molecule has 0 amide bonds. The topological polar surface area (TPSA) is 35.5 Å². The number of esters is 1. The van der Waals surface area contributed by atoms with Crippen LogP contribution in [-0.2, 0) is 14.0 Å². The molecule has 0 saturated heterocycles. The van der Waals surface area contributed by atoms with Crippen molar-refractivity contribution in [1.29, 1.82) is 0 Å². The van der Waals surface area contributed by atoms with Crippen molar-refractivity contribution >= 4 is 14.3 Å². The lowest BCUT2D eigenvalue weighted by Crippen LogP contribution is -2.53. The molecule has 0 spiro atoms. The van der Waals surface area contributed by atoms with E-state index in [9.17, 15) is 4.79 Å². The third-order valence-corrected chi connectivity index (χ3v) is 11.4. The number of allylic oxidation sites excluding steroid dienone is 2. The van der Waals surface area contributed by atoms with Gasteiger partial charge in [-0.1, -0.05) is 46.8 Å². The Morgan fingerprint density at radius 1 is 1.24 bits per heavy atom. The van der Waals surface area contributed by atoms with Gasteiger partial charge in [0.05, 0.1) is 18.6 Å². The SMILES string of the molecule is CCOC(=O)[C@H]1CC=C[C@@H]2C[C@@H](C)[C@H](O[Si](C)(C)C(C)(C)C)[C@@H](C)[C@@H]21. The summed E-state index contributed by atoms with van der Waals surface area (Å²) in [7, 11) is -1.83. The lowest BCUT2D eigenvalue weighted by Gasteiger charge is -2.51. The molecule has 0 aliphatic heterocycles. The Kier molecular flexibility index (Phi) is 6.25. The summed E-state index contributed by atoms with van der Waals surface area (Å²) in [4.78, 5) is 12.5. The number of hydrogen-bond donors (Lipinski definition) is 0. The third-order valence-electron chi connectivity index (χ3n) is 6.89. The Hall–Kier alpha value is -0.613. The maximum absolute atomic E-state index is 12.5. The molecule has 0 radical (unpaired) electrons. The fourth-order valence-corrected chi connectivity index (χ4v) is 6.00. The molecule has 0 aromatic heterocycles. The fraction of sp³-hybridized carbons (Fsp3) is 0.857. The first kappa shape index (κ1) is 20.7. The molecule has 2 aliphatic rings. The van der Waals surface area contributed by atoms with Gasteiger partial charge in [-0.3, -0.25) is 4.79 Å². The highest BCUT2D eigenvalue weighted by atomic mass is 28.4. The van der Waals surface area contributed by atoms with Gasteiger partial charge in [0.15, 0.2) is 8.32 Å². The molecule has 0 aromatic carbocycles. The molecule has 0 N–H and O–H groups in total. The van der Waals surface area contributed by atoms with Crippen molar-refractivity contribution in [2.24, 2.45) is 29.6 Å². The molecule has 3 nitrogen and oxygen atoms in total. The monoisotopic (exact) mass is 366 g/mol. The van der Waals surface area contributed by atoms with E-state index in [-0.39, 0.29) is 23.0 Å². The Labute approximate surface area is 155 Å². The average Bonchev–Trinajstić information content (AvgIpc) is 2.49. The van der Waals surface area contributed by atoms with E-state index in [1.165, 1.54) is 0 Å². The van der Waals surface area contributed by atoms with Crippen LogP contribution in [0.25, 0.3) is 0 Å². The third kappa shape index (κ3) is 4.21. The molecule has 0 aromatic rings. The molecule has 144 valence electrons. The summed E-state index contributed by atoms with van der Waals surface area (Å²) in [5.41, 5.74) is 0. The molecular formula is C21H38O3Si. The summed E-state index contributed by atoms with van der Waals surface area (Å²) in [6, 6.07) is 0. The second-order valence-corrected chi connectivity index (χ2v) is 14.4. The second kappa shape index (κ2) is 7.56. The van der Waals surface area contributed by atoms with Crippen LogP contribution in [0.5, 0.6) is 0 Å². The van der Waals surface area contributed by atoms with Gasteiger partial charge in [0.1, 0.15) is 0 Å². The largest absolute Gasteiger partial charge is 0.466 e. The number of ether oxygens (including phenoxy) is 1. The van der Waals surface area contributed by atoms with Crippen LogP contribution >= 0.6 is 0 Å². The smallest absolute Gasteiger partial charge is 0.309 e. The van der Waals surface area contributed by atoms with E-state index in [0.29, 0.717) is 30.3 Å². The van der Waals surface area contributed by atoms with Gasteiger partial charge in [-0.2, -0.15) is 0 Å². The molecule has 0 unspecified atom stereocenters. The van der Waals surface area contributed by atoms with E-state index in [1.807, 2.05) is 6.92 Å². The number of rotatable bonds is 4. The van der Waals surface area contributed by atoms with E-state index in [4.69, 9.17) is 9.16 Å². The van der Waals surface area contributed by atoms with Gasteiger partial charge in [0.2, 0.25) is 0 Å². The zero-order chi connectivity index (χ0) is 19.0. The fourth-order valence-electron chi connectivity index (χ4n) is 4.52. The minimum atomic E-state index is -1.83. The molecule has 0 bridgehead atoms. The number of carbonyl (C=O) groups excluding carboxylic acids is 1. The van der Waals surface area contributed by atoms with Crippen LogP contribution in [0.1, 0.15) is 54.4 Å². The summed E-state index contributed by atoms with van der Waals surface area (Å²) < 4.78 is 12.3. The Morgan fingerprint density at radius 2 is 1.88 bits per heavy atom. The Bertz CT molecular complexity index is 506. The van der Waals surface area contributed by atoms with Gasteiger partial charge in [0.25, 0.3) is 0 Å². The summed E-state index contributed by atoms with van der Waals surface area (Å²) in [6.07, 6.45) is 6.70. The zero-order valence-electron chi connectivity index (χ0n) is 17.5. The molecule has 6 atom stereocenters.